The van der Waals surface area contributed by atoms with Crippen LogP contribution >= 0.6 is 0 Å². The molecular weight excluding hydrogens is 188 g/mol. The molecule has 1 unspecified atom stereocenters. The van der Waals surface area contributed by atoms with E-state index in [2.05, 4.69) is 5.32 Å². The maximum atomic E-state index is 11.7. The molecule has 0 heterocycles. The summed E-state index contributed by atoms with van der Waals surface area (Å²) in [6.07, 6.45) is 0.893. The Morgan fingerprint density at radius 3 is 2.93 bits per heavy atom. The first-order valence-electron chi connectivity index (χ1n) is 4.98. The second kappa shape index (κ2) is 5.16. The van der Waals surface area contributed by atoms with E-state index in [1.54, 1.807) is 24.3 Å². The number of nitrogens with one attached hydrogen (secondary N) is 1. The standard InChI is InChI=1S/C12H14N2O/c1-3-9(2)14-12(15)11-6-4-5-10(7-11)8-13/h4-7,9H,3H2,1-2H3,(H,14,15). The number of nitrogens with zero attached hydrogens (tertiary/aromatic N) is 1. The van der Waals surface area contributed by atoms with Crippen LogP contribution in [0.25, 0.3) is 0 Å². The smallest absolute Gasteiger partial charge is 0.251 e. The molecule has 0 saturated carbocycles. The second-order valence-corrected chi connectivity index (χ2v) is 3.48. The average molecular weight is 202 g/mol. The van der Waals surface area contributed by atoms with Crippen molar-refractivity contribution in [3.8, 4) is 6.07 Å². The molecule has 0 aliphatic rings. The van der Waals surface area contributed by atoms with Gasteiger partial charge in [-0.25, -0.2) is 0 Å². The van der Waals surface area contributed by atoms with Crippen molar-refractivity contribution >= 4 is 5.91 Å². The summed E-state index contributed by atoms with van der Waals surface area (Å²) in [6.45, 7) is 3.96. The Morgan fingerprint density at radius 1 is 1.60 bits per heavy atom. The van der Waals surface area contributed by atoms with Crippen LogP contribution in [0.2, 0.25) is 0 Å². The summed E-state index contributed by atoms with van der Waals surface area (Å²) in [5.41, 5.74) is 1.04. The van der Waals surface area contributed by atoms with Gasteiger partial charge in [0.2, 0.25) is 0 Å². The van der Waals surface area contributed by atoms with Crippen molar-refractivity contribution < 1.29 is 4.79 Å². The Hall–Kier alpha value is -1.82. The first-order valence-corrected chi connectivity index (χ1v) is 4.98. The Labute approximate surface area is 89.7 Å². The van der Waals surface area contributed by atoms with E-state index < -0.39 is 0 Å². The molecule has 0 fully saturated rings. The normalized spacial score (nSPS) is 11.5. The van der Waals surface area contributed by atoms with Gasteiger partial charge in [-0.05, 0) is 31.5 Å². The number of carbonyl (C=O) groups is 1. The van der Waals surface area contributed by atoms with Crippen molar-refractivity contribution in [1.82, 2.24) is 5.32 Å². The second-order valence-electron chi connectivity index (χ2n) is 3.48. The van der Waals surface area contributed by atoms with Gasteiger partial charge in [0, 0.05) is 11.6 Å². The lowest BCUT2D eigenvalue weighted by atomic mass is 10.1. The van der Waals surface area contributed by atoms with E-state index in [0.29, 0.717) is 11.1 Å². The van der Waals surface area contributed by atoms with Gasteiger partial charge in [-0.15, -0.1) is 0 Å². The van der Waals surface area contributed by atoms with Crippen molar-refractivity contribution in [2.24, 2.45) is 0 Å². The fourth-order valence-electron chi connectivity index (χ4n) is 1.14. The van der Waals surface area contributed by atoms with Crippen LogP contribution in [0.4, 0.5) is 0 Å². The SMILES string of the molecule is CCC(C)NC(=O)c1cccc(C#N)c1. The van der Waals surface area contributed by atoms with Crippen molar-refractivity contribution in [3.05, 3.63) is 35.4 Å². The number of amides is 1. The highest BCUT2D eigenvalue weighted by Gasteiger charge is 2.08. The molecule has 0 bridgehead atoms. The number of rotatable bonds is 3. The molecule has 0 saturated heterocycles. The lowest BCUT2D eigenvalue weighted by Gasteiger charge is -2.11. The minimum absolute atomic E-state index is 0.124. The Morgan fingerprint density at radius 2 is 2.33 bits per heavy atom. The zero-order valence-electron chi connectivity index (χ0n) is 8.95. The van der Waals surface area contributed by atoms with Gasteiger partial charge in [-0.3, -0.25) is 4.79 Å². The molecule has 1 aromatic rings. The Bertz CT molecular complexity index is 393. The highest BCUT2D eigenvalue weighted by Crippen LogP contribution is 2.04. The number of hydrogen-bond acceptors (Lipinski definition) is 2. The first kappa shape index (κ1) is 11.3. The topological polar surface area (TPSA) is 52.9 Å². The largest absolute Gasteiger partial charge is 0.350 e. The number of benzene rings is 1. The fourth-order valence-corrected chi connectivity index (χ4v) is 1.14. The fraction of sp³-hybridized carbons (Fsp3) is 0.333. The Balaban J connectivity index is 2.78. The van der Waals surface area contributed by atoms with Gasteiger partial charge in [-0.2, -0.15) is 5.26 Å². The van der Waals surface area contributed by atoms with Crippen LogP contribution in [0.1, 0.15) is 36.2 Å². The molecule has 78 valence electrons. The number of hydrogen-bond donors (Lipinski definition) is 1. The zero-order chi connectivity index (χ0) is 11.3. The predicted octanol–water partition coefficient (Wildman–Crippen LogP) is 2.09. The summed E-state index contributed by atoms with van der Waals surface area (Å²) in [4.78, 5) is 11.7. The van der Waals surface area contributed by atoms with Crippen LogP contribution in [-0.2, 0) is 0 Å². The third kappa shape index (κ3) is 3.10. The molecule has 0 aliphatic heterocycles. The molecule has 1 N–H and O–H groups in total. The van der Waals surface area contributed by atoms with Gasteiger partial charge in [0.1, 0.15) is 0 Å². The van der Waals surface area contributed by atoms with E-state index in [4.69, 9.17) is 5.26 Å². The van der Waals surface area contributed by atoms with E-state index in [1.807, 2.05) is 19.9 Å². The third-order valence-electron chi connectivity index (χ3n) is 2.24. The molecule has 3 heteroatoms. The molecule has 0 spiro atoms. The highest BCUT2D eigenvalue weighted by atomic mass is 16.1. The summed E-state index contributed by atoms with van der Waals surface area (Å²) < 4.78 is 0. The summed E-state index contributed by atoms with van der Waals surface area (Å²) in [5, 5.41) is 11.5. The molecule has 1 atom stereocenters. The van der Waals surface area contributed by atoms with E-state index in [1.165, 1.54) is 0 Å². The van der Waals surface area contributed by atoms with Crippen molar-refractivity contribution in [1.29, 1.82) is 5.26 Å². The average Bonchev–Trinajstić information content (AvgIpc) is 2.28. The van der Waals surface area contributed by atoms with Gasteiger partial charge in [0.25, 0.3) is 5.91 Å². The van der Waals surface area contributed by atoms with Gasteiger partial charge >= 0.3 is 0 Å². The molecular formula is C12H14N2O. The maximum absolute atomic E-state index is 11.7. The molecule has 1 amide bonds. The summed E-state index contributed by atoms with van der Waals surface area (Å²) in [7, 11) is 0. The van der Waals surface area contributed by atoms with E-state index in [0.717, 1.165) is 6.42 Å². The minimum Gasteiger partial charge on any atom is -0.350 e. The quantitative estimate of drug-likeness (QED) is 0.815. The molecule has 1 aromatic carbocycles. The number of carbonyl (C=O) groups excluding carboxylic acids is 1. The minimum atomic E-state index is -0.124. The third-order valence-corrected chi connectivity index (χ3v) is 2.24. The Kier molecular flexibility index (Phi) is 3.87. The van der Waals surface area contributed by atoms with Crippen molar-refractivity contribution in [3.63, 3.8) is 0 Å². The van der Waals surface area contributed by atoms with Crippen LogP contribution < -0.4 is 5.32 Å². The molecule has 0 aromatic heterocycles. The molecule has 3 nitrogen and oxygen atoms in total. The van der Waals surface area contributed by atoms with Crippen LogP contribution in [0, 0.1) is 11.3 Å². The monoisotopic (exact) mass is 202 g/mol. The molecule has 1 rings (SSSR count). The summed E-state index contributed by atoms with van der Waals surface area (Å²) in [5.74, 6) is -0.124. The van der Waals surface area contributed by atoms with Gasteiger partial charge < -0.3 is 5.32 Å². The predicted molar refractivity (Wildman–Crippen MR) is 58.4 cm³/mol. The van der Waals surface area contributed by atoms with E-state index in [-0.39, 0.29) is 11.9 Å². The molecule has 15 heavy (non-hydrogen) atoms. The summed E-state index contributed by atoms with van der Waals surface area (Å²) in [6, 6.07) is 8.86. The first-order chi connectivity index (χ1) is 7.17. The molecule has 0 radical (unpaired) electrons. The van der Waals surface area contributed by atoms with Crippen molar-refractivity contribution in [2.45, 2.75) is 26.3 Å². The summed E-state index contributed by atoms with van der Waals surface area (Å²) >= 11 is 0. The van der Waals surface area contributed by atoms with Crippen LogP contribution in [0.3, 0.4) is 0 Å². The lowest BCUT2D eigenvalue weighted by Crippen LogP contribution is -2.31. The van der Waals surface area contributed by atoms with E-state index >= 15 is 0 Å². The lowest BCUT2D eigenvalue weighted by molar-refractivity contribution is 0.0939. The number of nitriles is 1. The van der Waals surface area contributed by atoms with Crippen molar-refractivity contribution in [2.75, 3.05) is 0 Å². The van der Waals surface area contributed by atoms with E-state index in [9.17, 15) is 4.79 Å². The zero-order valence-corrected chi connectivity index (χ0v) is 8.95. The van der Waals surface area contributed by atoms with Gasteiger partial charge in [0.15, 0.2) is 0 Å². The van der Waals surface area contributed by atoms with Crippen LogP contribution in [-0.4, -0.2) is 11.9 Å². The van der Waals surface area contributed by atoms with Gasteiger partial charge in [0.05, 0.1) is 11.6 Å². The van der Waals surface area contributed by atoms with Gasteiger partial charge in [-0.1, -0.05) is 13.0 Å². The highest BCUT2D eigenvalue weighted by molar-refractivity contribution is 5.94. The van der Waals surface area contributed by atoms with Crippen LogP contribution in [0.5, 0.6) is 0 Å². The van der Waals surface area contributed by atoms with Crippen LogP contribution in [0.15, 0.2) is 24.3 Å². The molecule has 0 aliphatic carbocycles. The maximum Gasteiger partial charge on any atom is 0.251 e.